The van der Waals surface area contributed by atoms with E-state index in [1.807, 2.05) is 54.6 Å². The molecule has 0 radical (unpaired) electrons. The SMILES string of the molecule is CCCCc1cc2c(c(N3CCN(c4ccccc4Cl)CC3)c1C(N)=O)C(=O)c1ccccc1-2.Cl. The van der Waals surface area contributed by atoms with Crippen LogP contribution in [0.2, 0.25) is 5.02 Å². The standard InChI is InChI=1S/C28H28ClN3O2.ClH/c1-2-3-8-18-17-21-19-9-4-5-10-20(19)27(33)25(21)26(24(18)28(30)34)32-15-13-31(14-16-32)23-12-7-6-11-22(23)29;/h4-7,9-12,17H,2-3,8,13-16H2,1H3,(H2,30,34);1H. The topological polar surface area (TPSA) is 66.6 Å². The molecule has 1 aliphatic carbocycles. The number of carbonyl (C=O) groups excluding carboxylic acids is 2. The smallest absolute Gasteiger partial charge is 0.251 e. The molecule has 5 nitrogen and oxygen atoms in total. The highest BCUT2D eigenvalue weighted by Gasteiger charge is 2.36. The van der Waals surface area contributed by atoms with E-state index in [1.54, 1.807) is 0 Å². The van der Waals surface area contributed by atoms with E-state index in [-0.39, 0.29) is 18.2 Å². The molecule has 1 fully saturated rings. The maximum absolute atomic E-state index is 13.6. The molecule has 3 aromatic rings. The Hall–Kier alpha value is -3.02. The van der Waals surface area contributed by atoms with Crippen molar-refractivity contribution in [3.63, 3.8) is 0 Å². The molecule has 7 heteroatoms. The third kappa shape index (κ3) is 4.39. The van der Waals surface area contributed by atoms with E-state index >= 15 is 0 Å². The number of hydrogen-bond donors (Lipinski definition) is 1. The van der Waals surface area contributed by atoms with Gasteiger partial charge in [0.1, 0.15) is 0 Å². The lowest BCUT2D eigenvalue weighted by Crippen LogP contribution is -2.47. The maximum Gasteiger partial charge on any atom is 0.251 e. The van der Waals surface area contributed by atoms with Crippen LogP contribution in [0, 0.1) is 0 Å². The van der Waals surface area contributed by atoms with Gasteiger partial charge in [-0.2, -0.15) is 0 Å². The molecule has 182 valence electrons. The first-order chi connectivity index (χ1) is 16.5. The van der Waals surface area contributed by atoms with Crippen molar-refractivity contribution in [3.05, 3.63) is 81.9 Å². The van der Waals surface area contributed by atoms with E-state index in [0.29, 0.717) is 35.5 Å². The number of anilines is 2. The zero-order chi connectivity index (χ0) is 23.8. The van der Waals surface area contributed by atoms with E-state index in [9.17, 15) is 9.59 Å². The summed E-state index contributed by atoms with van der Waals surface area (Å²) in [5.74, 6) is -0.500. The van der Waals surface area contributed by atoms with Gasteiger partial charge in [0.15, 0.2) is 5.78 Å². The second-order valence-electron chi connectivity index (χ2n) is 8.95. The van der Waals surface area contributed by atoms with Crippen LogP contribution in [0.5, 0.6) is 0 Å². The first-order valence-corrected chi connectivity index (χ1v) is 12.3. The van der Waals surface area contributed by atoms with E-state index in [0.717, 1.165) is 59.8 Å². The Bertz CT molecular complexity index is 1280. The summed E-state index contributed by atoms with van der Waals surface area (Å²) in [6.07, 6.45) is 2.72. The van der Waals surface area contributed by atoms with E-state index in [4.69, 9.17) is 17.3 Å². The van der Waals surface area contributed by atoms with Crippen LogP contribution in [0.4, 0.5) is 11.4 Å². The lowest BCUT2D eigenvalue weighted by Gasteiger charge is -2.39. The molecule has 2 N–H and O–H groups in total. The van der Waals surface area contributed by atoms with Crippen molar-refractivity contribution >= 4 is 47.1 Å². The molecule has 0 spiro atoms. The van der Waals surface area contributed by atoms with Crippen LogP contribution in [0.25, 0.3) is 11.1 Å². The summed E-state index contributed by atoms with van der Waals surface area (Å²) in [7, 11) is 0. The van der Waals surface area contributed by atoms with Crippen molar-refractivity contribution in [2.75, 3.05) is 36.0 Å². The quantitative estimate of drug-likeness (QED) is 0.359. The summed E-state index contributed by atoms with van der Waals surface area (Å²) in [5.41, 5.74) is 12.3. The zero-order valence-electron chi connectivity index (χ0n) is 19.7. The Morgan fingerprint density at radius 3 is 2.23 bits per heavy atom. The Labute approximate surface area is 217 Å². The fraction of sp³-hybridized carbons (Fsp3) is 0.286. The Kier molecular flexibility index (Phi) is 7.39. The maximum atomic E-state index is 13.6. The summed E-state index contributed by atoms with van der Waals surface area (Å²) < 4.78 is 0. The third-order valence-electron chi connectivity index (χ3n) is 6.91. The monoisotopic (exact) mass is 509 g/mol. The molecule has 1 saturated heterocycles. The van der Waals surface area contributed by atoms with Crippen LogP contribution in [-0.2, 0) is 6.42 Å². The molecular weight excluding hydrogens is 481 g/mol. The van der Waals surface area contributed by atoms with Crippen LogP contribution in [0.3, 0.4) is 0 Å². The normalized spacial score (nSPS) is 14.4. The number of aryl methyl sites for hydroxylation is 1. The predicted octanol–water partition coefficient (Wildman–Crippen LogP) is 5.74. The number of ketones is 1. The predicted molar refractivity (Wildman–Crippen MR) is 146 cm³/mol. The summed E-state index contributed by atoms with van der Waals surface area (Å²) >= 11 is 6.43. The number of fused-ring (bicyclic) bond motifs is 3. The number of halogens is 2. The zero-order valence-corrected chi connectivity index (χ0v) is 21.3. The van der Waals surface area contributed by atoms with Crippen LogP contribution in [-0.4, -0.2) is 37.9 Å². The molecule has 1 aliphatic heterocycles. The van der Waals surface area contributed by atoms with Crippen molar-refractivity contribution in [1.82, 2.24) is 0 Å². The molecular formula is C28H29Cl2N3O2. The number of primary amides is 1. The van der Waals surface area contributed by atoms with E-state index in [1.165, 1.54) is 0 Å². The van der Waals surface area contributed by atoms with E-state index < -0.39 is 5.91 Å². The molecule has 0 unspecified atom stereocenters. The molecule has 0 bridgehead atoms. The van der Waals surface area contributed by atoms with Crippen molar-refractivity contribution in [1.29, 1.82) is 0 Å². The first-order valence-electron chi connectivity index (χ1n) is 11.9. The number of benzene rings is 3. The number of rotatable bonds is 6. The fourth-order valence-electron chi connectivity index (χ4n) is 5.25. The largest absolute Gasteiger partial charge is 0.367 e. The van der Waals surface area contributed by atoms with Crippen LogP contribution in [0.1, 0.15) is 51.6 Å². The molecule has 1 heterocycles. The lowest BCUT2D eigenvalue weighted by atomic mass is 9.91. The number of carbonyl (C=O) groups is 2. The second kappa shape index (κ2) is 10.3. The molecule has 2 aliphatic rings. The van der Waals surface area contributed by atoms with Gasteiger partial charge in [-0.05, 0) is 47.7 Å². The van der Waals surface area contributed by atoms with Gasteiger partial charge < -0.3 is 15.5 Å². The molecule has 0 aromatic heterocycles. The van der Waals surface area contributed by atoms with Crippen LogP contribution < -0.4 is 15.5 Å². The molecule has 5 rings (SSSR count). The van der Waals surface area contributed by atoms with Gasteiger partial charge in [0.2, 0.25) is 0 Å². The number of hydrogen-bond acceptors (Lipinski definition) is 4. The van der Waals surface area contributed by atoms with Gasteiger partial charge in [0.25, 0.3) is 5.91 Å². The fourth-order valence-corrected chi connectivity index (χ4v) is 5.51. The number of unbranched alkanes of at least 4 members (excludes halogenated alkanes) is 1. The molecule has 0 atom stereocenters. The minimum atomic E-state index is -0.471. The van der Waals surface area contributed by atoms with Gasteiger partial charge in [-0.1, -0.05) is 61.3 Å². The molecule has 3 aromatic carbocycles. The highest BCUT2D eigenvalue weighted by Crippen LogP contribution is 2.45. The van der Waals surface area contributed by atoms with Gasteiger partial charge in [-0.25, -0.2) is 0 Å². The third-order valence-corrected chi connectivity index (χ3v) is 7.23. The van der Waals surface area contributed by atoms with Crippen LogP contribution >= 0.6 is 24.0 Å². The Morgan fingerprint density at radius 2 is 1.57 bits per heavy atom. The number of piperazine rings is 1. The van der Waals surface area contributed by atoms with Gasteiger partial charge >= 0.3 is 0 Å². The van der Waals surface area contributed by atoms with Crippen molar-refractivity contribution < 1.29 is 9.59 Å². The second-order valence-corrected chi connectivity index (χ2v) is 9.36. The van der Waals surface area contributed by atoms with Crippen molar-refractivity contribution in [3.8, 4) is 11.1 Å². The summed E-state index contributed by atoms with van der Waals surface area (Å²) in [4.78, 5) is 30.8. The number of nitrogens with zero attached hydrogens (tertiary/aromatic N) is 2. The van der Waals surface area contributed by atoms with Gasteiger partial charge in [-0.3, -0.25) is 9.59 Å². The average Bonchev–Trinajstić information content (AvgIpc) is 3.14. The summed E-state index contributed by atoms with van der Waals surface area (Å²) in [5, 5.41) is 0.724. The highest BCUT2D eigenvalue weighted by atomic mass is 35.5. The van der Waals surface area contributed by atoms with Gasteiger partial charge in [-0.15, -0.1) is 12.4 Å². The Balaban J connectivity index is 0.00000289. The molecule has 0 saturated carbocycles. The lowest BCUT2D eigenvalue weighted by molar-refractivity contribution is 0.0999. The first kappa shape index (κ1) is 25.1. The number of nitrogens with two attached hydrogens (primary N) is 1. The van der Waals surface area contributed by atoms with E-state index in [2.05, 4.69) is 16.7 Å². The average molecular weight is 510 g/mol. The van der Waals surface area contributed by atoms with Crippen molar-refractivity contribution in [2.45, 2.75) is 26.2 Å². The van der Waals surface area contributed by atoms with Gasteiger partial charge in [0.05, 0.1) is 27.5 Å². The van der Waals surface area contributed by atoms with Crippen LogP contribution in [0.15, 0.2) is 54.6 Å². The van der Waals surface area contributed by atoms with Gasteiger partial charge in [0, 0.05) is 31.7 Å². The van der Waals surface area contributed by atoms with Crippen molar-refractivity contribution in [2.24, 2.45) is 5.73 Å². The highest BCUT2D eigenvalue weighted by molar-refractivity contribution is 6.33. The number of para-hydroxylation sites is 1. The number of amides is 1. The summed E-state index contributed by atoms with van der Waals surface area (Å²) in [6.45, 7) is 4.93. The molecule has 1 amide bonds. The molecule has 35 heavy (non-hydrogen) atoms. The minimum Gasteiger partial charge on any atom is -0.367 e. The summed E-state index contributed by atoms with van der Waals surface area (Å²) in [6, 6.07) is 17.6. The minimum absolute atomic E-state index is 0. The Morgan fingerprint density at radius 1 is 0.943 bits per heavy atom.